The van der Waals surface area contributed by atoms with Crippen molar-refractivity contribution >= 4 is 17.6 Å². The van der Waals surface area contributed by atoms with Gasteiger partial charge in [0, 0.05) is 45.2 Å². The molecular weight excluding hydrogens is 342 g/mol. The Hall–Kier alpha value is -2.57. The standard InChI is InChI=1S/C20H29N5O2/c1-15(2)8-10-21-18(26)7-5-12-24-19-14-16(17-6-4-11-23(17)3)22-25(19)13-9-20(24)27/h4,6,11,14-15H,5,7-10,12-13H2,1-3H3,(H,21,26). The summed E-state index contributed by atoms with van der Waals surface area (Å²) in [6.07, 6.45) is 4.48. The number of aromatic nitrogens is 3. The van der Waals surface area contributed by atoms with E-state index in [0.29, 0.717) is 44.8 Å². The number of carbonyl (C=O) groups excluding carboxylic acids is 2. The molecule has 0 aromatic carbocycles. The summed E-state index contributed by atoms with van der Waals surface area (Å²) in [7, 11) is 1.98. The van der Waals surface area contributed by atoms with Gasteiger partial charge >= 0.3 is 0 Å². The Balaban J connectivity index is 1.60. The molecule has 0 fully saturated rings. The third-order valence-electron chi connectivity index (χ3n) is 4.91. The van der Waals surface area contributed by atoms with Crippen LogP contribution in [0.25, 0.3) is 11.4 Å². The first-order chi connectivity index (χ1) is 13.0. The highest BCUT2D eigenvalue weighted by Crippen LogP contribution is 2.28. The Morgan fingerprint density at radius 1 is 1.37 bits per heavy atom. The quantitative estimate of drug-likeness (QED) is 0.775. The molecule has 1 N–H and O–H groups in total. The predicted octanol–water partition coefficient (Wildman–Crippen LogP) is 2.57. The molecule has 3 rings (SSSR count). The van der Waals surface area contributed by atoms with Crippen LogP contribution in [-0.4, -0.2) is 39.3 Å². The molecule has 0 saturated carbocycles. The van der Waals surface area contributed by atoms with Gasteiger partial charge in [-0.05, 0) is 30.9 Å². The highest BCUT2D eigenvalue weighted by Gasteiger charge is 2.26. The lowest BCUT2D eigenvalue weighted by Gasteiger charge is -2.27. The van der Waals surface area contributed by atoms with Crippen LogP contribution in [0.4, 0.5) is 5.82 Å². The van der Waals surface area contributed by atoms with Gasteiger partial charge in [-0.2, -0.15) is 5.10 Å². The molecule has 3 heterocycles. The number of carbonyl (C=O) groups is 2. The van der Waals surface area contributed by atoms with Gasteiger partial charge < -0.3 is 9.88 Å². The molecule has 2 aromatic heterocycles. The van der Waals surface area contributed by atoms with Crippen molar-refractivity contribution in [3.8, 4) is 11.4 Å². The van der Waals surface area contributed by atoms with Crippen molar-refractivity contribution in [3.05, 3.63) is 24.4 Å². The summed E-state index contributed by atoms with van der Waals surface area (Å²) in [5, 5.41) is 7.61. The Kier molecular flexibility index (Phi) is 5.98. The van der Waals surface area contributed by atoms with Gasteiger partial charge in [0.15, 0.2) is 0 Å². The molecule has 0 saturated heterocycles. The average molecular weight is 371 g/mol. The average Bonchev–Trinajstić information content (AvgIpc) is 3.22. The summed E-state index contributed by atoms with van der Waals surface area (Å²) >= 11 is 0. The van der Waals surface area contributed by atoms with Crippen molar-refractivity contribution in [1.82, 2.24) is 19.7 Å². The number of anilines is 1. The zero-order valence-corrected chi connectivity index (χ0v) is 16.4. The number of amides is 2. The predicted molar refractivity (Wildman–Crippen MR) is 105 cm³/mol. The van der Waals surface area contributed by atoms with E-state index in [0.717, 1.165) is 23.6 Å². The van der Waals surface area contributed by atoms with Crippen molar-refractivity contribution in [2.75, 3.05) is 18.0 Å². The van der Waals surface area contributed by atoms with Crippen molar-refractivity contribution in [2.24, 2.45) is 13.0 Å². The molecule has 146 valence electrons. The van der Waals surface area contributed by atoms with E-state index in [1.165, 1.54) is 0 Å². The summed E-state index contributed by atoms with van der Waals surface area (Å²) in [6, 6.07) is 5.96. The van der Waals surface area contributed by atoms with E-state index in [-0.39, 0.29) is 11.8 Å². The highest BCUT2D eigenvalue weighted by atomic mass is 16.2. The highest BCUT2D eigenvalue weighted by molar-refractivity contribution is 5.94. The molecule has 2 aromatic rings. The van der Waals surface area contributed by atoms with Gasteiger partial charge in [-0.25, -0.2) is 4.68 Å². The van der Waals surface area contributed by atoms with Crippen LogP contribution in [0.5, 0.6) is 0 Å². The molecule has 7 heteroatoms. The van der Waals surface area contributed by atoms with E-state index in [4.69, 9.17) is 0 Å². The lowest BCUT2D eigenvalue weighted by Crippen LogP contribution is -2.38. The van der Waals surface area contributed by atoms with Gasteiger partial charge in [-0.15, -0.1) is 0 Å². The molecule has 0 bridgehead atoms. The van der Waals surface area contributed by atoms with E-state index in [9.17, 15) is 9.59 Å². The molecule has 27 heavy (non-hydrogen) atoms. The Bertz CT molecular complexity index is 805. The summed E-state index contributed by atoms with van der Waals surface area (Å²) in [5.41, 5.74) is 1.89. The van der Waals surface area contributed by atoms with Crippen LogP contribution in [0, 0.1) is 5.92 Å². The molecule has 0 radical (unpaired) electrons. The molecular formula is C20H29N5O2. The van der Waals surface area contributed by atoms with Gasteiger partial charge in [-0.1, -0.05) is 13.8 Å². The summed E-state index contributed by atoms with van der Waals surface area (Å²) in [6.45, 7) is 6.13. The molecule has 1 aliphatic heterocycles. The summed E-state index contributed by atoms with van der Waals surface area (Å²) in [4.78, 5) is 26.1. The zero-order valence-electron chi connectivity index (χ0n) is 16.4. The van der Waals surface area contributed by atoms with Crippen LogP contribution < -0.4 is 10.2 Å². The number of rotatable bonds is 8. The first-order valence-electron chi connectivity index (χ1n) is 9.72. The minimum atomic E-state index is 0.0538. The smallest absolute Gasteiger partial charge is 0.229 e. The molecule has 2 amide bonds. The first-order valence-corrected chi connectivity index (χ1v) is 9.72. The fourth-order valence-electron chi connectivity index (χ4n) is 3.33. The molecule has 1 aliphatic rings. The summed E-state index contributed by atoms with van der Waals surface area (Å²) < 4.78 is 3.91. The third kappa shape index (κ3) is 4.59. The largest absolute Gasteiger partial charge is 0.356 e. The number of nitrogens with one attached hydrogen (secondary N) is 1. The van der Waals surface area contributed by atoms with Crippen LogP contribution in [-0.2, 0) is 23.2 Å². The Labute approximate surface area is 160 Å². The lowest BCUT2D eigenvalue weighted by molar-refractivity contribution is -0.122. The molecule has 0 atom stereocenters. The van der Waals surface area contributed by atoms with Gasteiger partial charge in [0.2, 0.25) is 11.8 Å². The molecule has 7 nitrogen and oxygen atoms in total. The van der Waals surface area contributed by atoms with Crippen LogP contribution in [0.1, 0.15) is 39.5 Å². The number of hydrogen-bond acceptors (Lipinski definition) is 3. The van der Waals surface area contributed by atoms with E-state index in [2.05, 4.69) is 24.3 Å². The maximum atomic E-state index is 12.4. The molecule has 0 aliphatic carbocycles. The number of fused-ring (bicyclic) bond motifs is 1. The van der Waals surface area contributed by atoms with Crippen molar-refractivity contribution < 1.29 is 9.59 Å². The zero-order chi connectivity index (χ0) is 19.4. The van der Waals surface area contributed by atoms with E-state index < -0.39 is 0 Å². The molecule has 0 spiro atoms. The van der Waals surface area contributed by atoms with Crippen molar-refractivity contribution in [1.29, 1.82) is 0 Å². The number of hydrogen-bond donors (Lipinski definition) is 1. The monoisotopic (exact) mass is 371 g/mol. The van der Waals surface area contributed by atoms with Crippen molar-refractivity contribution in [2.45, 2.75) is 46.1 Å². The fraction of sp³-hybridized carbons (Fsp3) is 0.550. The minimum absolute atomic E-state index is 0.0538. The van der Waals surface area contributed by atoms with Crippen LogP contribution >= 0.6 is 0 Å². The van der Waals surface area contributed by atoms with Crippen LogP contribution in [0.2, 0.25) is 0 Å². The third-order valence-corrected chi connectivity index (χ3v) is 4.91. The first kappa shape index (κ1) is 19.2. The van der Waals surface area contributed by atoms with Gasteiger partial charge in [0.25, 0.3) is 0 Å². The second-order valence-electron chi connectivity index (χ2n) is 7.55. The van der Waals surface area contributed by atoms with E-state index in [1.807, 2.05) is 40.7 Å². The SMILES string of the molecule is CC(C)CCNC(=O)CCCN1C(=O)CCn2nc(-c3cccn3C)cc21. The fourth-order valence-corrected chi connectivity index (χ4v) is 3.33. The maximum Gasteiger partial charge on any atom is 0.229 e. The maximum absolute atomic E-state index is 12.4. The van der Waals surface area contributed by atoms with Crippen LogP contribution in [0.15, 0.2) is 24.4 Å². The van der Waals surface area contributed by atoms with Crippen LogP contribution in [0.3, 0.4) is 0 Å². The second kappa shape index (κ2) is 8.41. The van der Waals surface area contributed by atoms with Gasteiger partial charge in [0.1, 0.15) is 11.5 Å². The van der Waals surface area contributed by atoms with Crippen molar-refractivity contribution in [3.63, 3.8) is 0 Å². The lowest BCUT2D eigenvalue weighted by atomic mass is 10.1. The van der Waals surface area contributed by atoms with Gasteiger partial charge in [0.05, 0.1) is 12.2 Å². The number of nitrogens with zero attached hydrogens (tertiary/aromatic N) is 4. The minimum Gasteiger partial charge on any atom is -0.356 e. The Morgan fingerprint density at radius 2 is 2.19 bits per heavy atom. The topological polar surface area (TPSA) is 72.2 Å². The summed E-state index contributed by atoms with van der Waals surface area (Å²) in [5.74, 6) is 1.55. The Morgan fingerprint density at radius 3 is 2.89 bits per heavy atom. The van der Waals surface area contributed by atoms with Gasteiger partial charge in [-0.3, -0.25) is 14.5 Å². The second-order valence-corrected chi connectivity index (χ2v) is 7.55. The number of aryl methyl sites for hydroxylation is 2. The molecule has 0 unspecified atom stereocenters. The van der Waals surface area contributed by atoms with E-state index in [1.54, 1.807) is 4.90 Å². The normalized spacial score (nSPS) is 13.9. The van der Waals surface area contributed by atoms with E-state index >= 15 is 0 Å².